The van der Waals surface area contributed by atoms with Gasteiger partial charge in [-0.25, -0.2) is 13.1 Å². The third-order valence-electron chi connectivity index (χ3n) is 2.84. The van der Waals surface area contributed by atoms with Crippen LogP contribution in [0.1, 0.15) is 32.6 Å². The van der Waals surface area contributed by atoms with Gasteiger partial charge < -0.3 is 0 Å². The summed E-state index contributed by atoms with van der Waals surface area (Å²) in [5.74, 6) is 0.377. The van der Waals surface area contributed by atoms with Crippen LogP contribution in [-0.2, 0) is 10.0 Å². The van der Waals surface area contributed by atoms with Crippen LogP contribution < -0.4 is 4.72 Å². The molecule has 0 aromatic rings. The Kier molecular flexibility index (Phi) is 3.12. The highest BCUT2D eigenvalue weighted by atomic mass is 32.2. The van der Waals surface area contributed by atoms with Gasteiger partial charge in [0.2, 0.25) is 10.0 Å². The first-order chi connectivity index (χ1) is 5.58. The van der Waals surface area contributed by atoms with Gasteiger partial charge in [-0.1, -0.05) is 12.8 Å². The highest BCUT2D eigenvalue weighted by Gasteiger charge is 2.30. The van der Waals surface area contributed by atoms with Gasteiger partial charge in [0.1, 0.15) is 0 Å². The molecule has 1 aliphatic carbocycles. The van der Waals surface area contributed by atoms with Crippen LogP contribution in [-0.4, -0.2) is 20.7 Å². The Morgan fingerprint density at radius 2 is 1.83 bits per heavy atom. The molecule has 0 saturated heterocycles. The zero-order valence-corrected chi connectivity index (χ0v) is 8.52. The molecule has 0 spiro atoms. The minimum absolute atomic E-state index is 0.218. The minimum atomic E-state index is -3.03. The first-order valence-electron chi connectivity index (χ1n) is 4.50. The maximum absolute atomic E-state index is 11.4. The first-order valence-corrected chi connectivity index (χ1v) is 6.05. The van der Waals surface area contributed by atoms with Crippen molar-refractivity contribution in [3.63, 3.8) is 0 Å². The first kappa shape index (κ1) is 9.99. The zero-order chi connectivity index (χ0) is 9.19. The lowest BCUT2D eigenvalue weighted by Gasteiger charge is -2.17. The molecular formula is C8H17NO2S. The summed E-state index contributed by atoms with van der Waals surface area (Å²) in [5, 5.41) is -0.218. The summed E-state index contributed by atoms with van der Waals surface area (Å²) in [6.45, 7) is 1.81. The molecule has 4 heteroatoms. The Morgan fingerprint density at radius 1 is 1.33 bits per heavy atom. The van der Waals surface area contributed by atoms with E-state index in [1.807, 2.05) is 6.92 Å². The van der Waals surface area contributed by atoms with Crippen molar-refractivity contribution in [2.24, 2.45) is 5.92 Å². The highest BCUT2D eigenvalue weighted by Crippen LogP contribution is 2.30. The molecule has 0 radical (unpaired) electrons. The van der Waals surface area contributed by atoms with Crippen LogP contribution in [0.4, 0.5) is 0 Å². The molecule has 1 N–H and O–H groups in total. The van der Waals surface area contributed by atoms with Crippen LogP contribution in [0.25, 0.3) is 0 Å². The molecule has 72 valence electrons. The van der Waals surface area contributed by atoms with Crippen LogP contribution in [0.2, 0.25) is 0 Å². The van der Waals surface area contributed by atoms with Gasteiger partial charge >= 0.3 is 0 Å². The van der Waals surface area contributed by atoms with E-state index < -0.39 is 10.0 Å². The summed E-state index contributed by atoms with van der Waals surface area (Å²) in [4.78, 5) is 0. The van der Waals surface area contributed by atoms with Gasteiger partial charge in [0.15, 0.2) is 0 Å². The van der Waals surface area contributed by atoms with Gasteiger partial charge in [-0.05, 0) is 32.7 Å². The normalized spacial score (nSPS) is 22.8. The second-order valence-corrected chi connectivity index (χ2v) is 5.74. The third-order valence-corrected chi connectivity index (χ3v) is 4.77. The van der Waals surface area contributed by atoms with E-state index in [1.165, 1.54) is 19.9 Å². The van der Waals surface area contributed by atoms with Gasteiger partial charge in [0.25, 0.3) is 0 Å². The second-order valence-electron chi connectivity index (χ2n) is 3.50. The summed E-state index contributed by atoms with van der Waals surface area (Å²) >= 11 is 0. The maximum Gasteiger partial charge on any atom is 0.214 e. The molecule has 1 atom stereocenters. The van der Waals surface area contributed by atoms with Crippen molar-refractivity contribution in [1.29, 1.82) is 0 Å². The Hall–Kier alpha value is -0.0900. The smallest absolute Gasteiger partial charge is 0.214 e. The van der Waals surface area contributed by atoms with Gasteiger partial charge in [0.05, 0.1) is 5.25 Å². The average molecular weight is 191 g/mol. The molecule has 1 rings (SSSR count). The lowest BCUT2D eigenvalue weighted by Crippen LogP contribution is -2.34. The lowest BCUT2D eigenvalue weighted by molar-refractivity contribution is 0.496. The summed E-state index contributed by atoms with van der Waals surface area (Å²) in [6.07, 6.45) is 4.52. The van der Waals surface area contributed by atoms with E-state index in [0.717, 1.165) is 12.8 Å². The molecule has 3 nitrogen and oxygen atoms in total. The fourth-order valence-electron chi connectivity index (χ4n) is 1.87. The second kappa shape index (κ2) is 3.75. The Labute approximate surface area is 74.6 Å². The van der Waals surface area contributed by atoms with Gasteiger partial charge in [0, 0.05) is 0 Å². The molecule has 0 aromatic carbocycles. The van der Waals surface area contributed by atoms with Crippen molar-refractivity contribution in [3.05, 3.63) is 0 Å². The number of rotatable bonds is 3. The van der Waals surface area contributed by atoms with Gasteiger partial charge in [-0.3, -0.25) is 0 Å². The predicted molar refractivity (Wildman–Crippen MR) is 49.4 cm³/mol. The molecule has 0 aliphatic heterocycles. The van der Waals surface area contributed by atoms with E-state index in [0.29, 0.717) is 5.92 Å². The molecule has 0 bridgehead atoms. The van der Waals surface area contributed by atoms with Gasteiger partial charge in [-0.15, -0.1) is 0 Å². The molecular weight excluding hydrogens is 174 g/mol. The fraction of sp³-hybridized carbons (Fsp3) is 1.00. The van der Waals surface area contributed by atoms with E-state index in [2.05, 4.69) is 4.72 Å². The topological polar surface area (TPSA) is 46.2 Å². The van der Waals surface area contributed by atoms with Crippen LogP contribution in [0.15, 0.2) is 0 Å². The SMILES string of the molecule is CNS(=O)(=O)C(C)C1CCCC1. The molecule has 0 amide bonds. The van der Waals surface area contributed by atoms with Crippen molar-refractivity contribution in [1.82, 2.24) is 4.72 Å². The predicted octanol–water partition coefficient (Wildman–Crippen LogP) is 1.11. The summed E-state index contributed by atoms with van der Waals surface area (Å²) in [7, 11) is -1.54. The van der Waals surface area contributed by atoms with E-state index in [4.69, 9.17) is 0 Å². The van der Waals surface area contributed by atoms with Crippen LogP contribution in [0, 0.1) is 5.92 Å². The quantitative estimate of drug-likeness (QED) is 0.726. The van der Waals surface area contributed by atoms with Crippen molar-refractivity contribution >= 4 is 10.0 Å². The Bertz CT molecular complexity index is 229. The summed E-state index contributed by atoms with van der Waals surface area (Å²) in [6, 6.07) is 0. The monoisotopic (exact) mass is 191 g/mol. The Balaban J connectivity index is 2.63. The van der Waals surface area contributed by atoms with E-state index >= 15 is 0 Å². The minimum Gasteiger partial charge on any atom is -0.218 e. The van der Waals surface area contributed by atoms with E-state index in [1.54, 1.807) is 0 Å². The average Bonchev–Trinajstić information content (AvgIpc) is 2.55. The zero-order valence-electron chi connectivity index (χ0n) is 7.71. The van der Waals surface area contributed by atoms with Gasteiger partial charge in [-0.2, -0.15) is 0 Å². The third kappa shape index (κ3) is 1.98. The highest BCUT2D eigenvalue weighted by molar-refractivity contribution is 7.90. The standard InChI is InChI=1S/C8H17NO2S/c1-7(12(10,11)9-2)8-5-3-4-6-8/h7-9H,3-6H2,1-2H3. The number of nitrogens with one attached hydrogen (secondary N) is 1. The van der Waals surface area contributed by atoms with E-state index in [-0.39, 0.29) is 5.25 Å². The van der Waals surface area contributed by atoms with Crippen molar-refractivity contribution in [2.45, 2.75) is 37.9 Å². The van der Waals surface area contributed by atoms with Crippen LogP contribution in [0.3, 0.4) is 0 Å². The lowest BCUT2D eigenvalue weighted by atomic mass is 10.1. The van der Waals surface area contributed by atoms with E-state index in [9.17, 15) is 8.42 Å². The molecule has 1 unspecified atom stereocenters. The number of sulfonamides is 1. The fourth-order valence-corrected chi connectivity index (χ4v) is 3.02. The largest absolute Gasteiger partial charge is 0.218 e. The van der Waals surface area contributed by atoms with Crippen molar-refractivity contribution in [3.8, 4) is 0 Å². The molecule has 0 aromatic heterocycles. The molecule has 1 fully saturated rings. The molecule has 12 heavy (non-hydrogen) atoms. The Morgan fingerprint density at radius 3 is 2.25 bits per heavy atom. The van der Waals surface area contributed by atoms with Crippen molar-refractivity contribution in [2.75, 3.05) is 7.05 Å². The van der Waals surface area contributed by atoms with Crippen molar-refractivity contribution < 1.29 is 8.42 Å². The van der Waals surface area contributed by atoms with Crippen LogP contribution in [0.5, 0.6) is 0 Å². The summed E-state index contributed by atoms with van der Waals surface area (Å²) in [5.41, 5.74) is 0. The summed E-state index contributed by atoms with van der Waals surface area (Å²) < 4.78 is 25.1. The number of hydrogen-bond acceptors (Lipinski definition) is 2. The molecule has 1 aliphatic rings. The molecule has 0 heterocycles. The van der Waals surface area contributed by atoms with Crippen LogP contribution >= 0.6 is 0 Å². The maximum atomic E-state index is 11.4. The molecule has 1 saturated carbocycles. The number of hydrogen-bond donors (Lipinski definition) is 1.